The Morgan fingerprint density at radius 2 is 2.00 bits per heavy atom. The third kappa shape index (κ3) is 2.63. The van der Waals surface area contributed by atoms with E-state index in [-0.39, 0.29) is 0 Å². The van der Waals surface area contributed by atoms with Crippen LogP contribution in [0.1, 0.15) is 5.56 Å². The molecule has 0 saturated carbocycles. The first-order valence-electron chi connectivity index (χ1n) is 6.62. The van der Waals surface area contributed by atoms with Gasteiger partial charge < -0.3 is 19.4 Å². The minimum absolute atomic E-state index is 0.440. The van der Waals surface area contributed by atoms with Gasteiger partial charge in [0.2, 0.25) is 0 Å². The summed E-state index contributed by atoms with van der Waals surface area (Å²) in [6.45, 7) is 0.546. The smallest absolute Gasteiger partial charge is 0.488 e. The third-order valence-electron chi connectivity index (χ3n) is 3.47. The Morgan fingerprint density at radius 3 is 2.76 bits per heavy atom. The van der Waals surface area contributed by atoms with Crippen LogP contribution in [-0.2, 0) is 6.54 Å². The molecule has 0 unspecified atom stereocenters. The molecule has 1 aromatic heterocycles. The molecule has 1 heterocycles. The van der Waals surface area contributed by atoms with E-state index in [0.29, 0.717) is 17.8 Å². The highest BCUT2D eigenvalue weighted by molar-refractivity contribution is 6.58. The summed E-state index contributed by atoms with van der Waals surface area (Å²) in [6, 6.07) is 13.0. The molecule has 0 atom stereocenters. The molecular weight excluding hydrogens is 267 g/mol. The average molecular weight is 282 g/mol. The number of fused-ring (bicyclic) bond motifs is 1. The minimum atomic E-state index is -1.49. The number of benzene rings is 2. The fourth-order valence-electron chi connectivity index (χ4n) is 2.40. The molecule has 3 rings (SSSR count). The van der Waals surface area contributed by atoms with Gasteiger partial charge in [-0.3, -0.25) is 0 Å². The molecule has 106 valence electrons. The fourth-order valence-corrected chi connectivity index (χ4v) is 2.40. The van der Waals surface area contributed by atoms with Crippen LogP contribution in [0.3, 0.4) is 0 Å². The molecule has 2 aromatic carbocycles. The summed E-state index contributed by atoms with van der Waals surface area (Å²) >= 11 is 0. The highest BCUT2D eigenvalue weighted by Crippen LogP contribution is 2.20. The highest BCUT2D eigenvalue weighted by atomic mass is 16.5. The Balaban J connectivity index is 2.02. The molecule has 0 aliphatic rings. The van der Waals surface area contributed by atoms with E-state index in [9.17, 15) is 10.0 Å². The van der Waals surface area contributed by atoms with Crippen molar-refractivity contribution < 1.29 is 14.8 Å². The van der Waals surface area contributed by atoms with E-state index in [1.165, 1.54) is 0 Å². The van der Waals surface area contributed by atoms with Crippen LogP contribution in [0.25, 0.3) is 11.0 Å². The lowest BCUT2D eigenvalue weighted by atomic mass is 9.79. The number of aromatic nitrogens is 2. The summed E-state index contributed by atoms with van der Waals surface area (Å²) < 4.78 is 7.34. The molecule has 6 heteroatoms. The van der Waals surface area contributed by atoms with Crippen LogP contribution < -0.4 is 10.2 Å². The number of ether oxygens (including phenoxy) is 1. The first kappa shape index (κ1) is 13.7. The maximum Gasteiger partial charge on any atom is 0.488 e. The van der Waals surface area contributed by atoms with E-state index in [1.807, 2.05) is 28.8 Å². The first-order valence-corrected chi connectivity index (χ1v) is 6.62. The van der Waals surface area contributed by atoms with Gasteiger partial charge in [-0.15, -0.1) is 0 Å². The molecule has 0 saturated heterocycles. The molecule has 3 aromatic rings. The predicted molar refractivity (Wildman–Crippen MR) is 81.7 cm³/mol. The second-order valence-corrected chi connectivity index (χ2v) is 4.81. The molecule has 0 aliphatic heterocycles. The number of nitrogens with zero attached hydrogens (tertiary/aromatic N) is 2. The summed E-state index contributed by atoms with van der Waals surface area (Å²) in [5.74, 6) is 0.706. The Morgan fingerprint density at radius 1 is 1.19 bits per heavy atom. The van der Waals surface area contributed by atoms with Crippen molar-refractivity contribution in [2.75, 3.05) is 7.11 Å². The van der Waals surface area contributed by atoms with Crippen molar-refractivity contribution in [1.29, 1.82) is 0 Å². The maximum atomic E-state index is 9.31. The summed E-state index contributed by atoms with van der Waals surface area (Å²) in [5.41, 5.74) is 3.26. The zero-order chi connectivity index (χ0) is 14.8. The molecular formula is C15H15BN2O3. The van der Waals surface area contributed by atoms with Crippen LogP contribution in [0, 0.1) is 0 Å². The molecule has 0 bridgehead atoms. The van der Waals surface area contributed by atoms with E-state index in [0.717, 1.165) is 16.6 Å². The first-order chi connectivity index (χ1) is 10.2. The van der Waals surface area contributed by atoms with Crippen molar-refractivity contribution in [2.24, 2.45) is 0 Å². The number of hydrogen-bond donors (Lipinski definition) is 2. The van der Waals surface area contributed by atoms with Gasteiger partial charge >= 0.3 is 7.12 Å². The normalized spacial score (nSPS) is 10.8. The number of rotatable bonds is 4. The number of methoxy groups -OCH3 is 1. The van der Waals surface area contributed by atoms with Crippen LogP contribution in [0.15, 0.2) is 48.8 Å². The molecule has 2 N–H and O–H groups in total. The van der Waals surface area contributed by atoms with E-state index in [2.05, 4.69) is 4.98 Å². The second kappa shape index (κ2) is 5.59. The lowest BCUT2D eigenvalue weighted by molar-refractivity contribution is 0.408. The third-order valence-corrected chi connectivity index (χ3v) is 3.47. The van der Waals surface area contributed by atoms with E-state index < -0.39 is 7.12 Å². The molecule has 0 spiro atoms. The van der Waals surface area contributed by atoms with Crippen molar-refractivity contribution in [3.05, 3.63) is 54.4 Å². The average Bonchev–Trinajstić information content (AvgIpc) is 2.90. The Kier molecular flexibility index (Phi) is 3.64. The SMILES string of the molecule is COc1ccc(B(O)O)cc1Cn1cnc2ccccc21. The van der Waals surface area contributed by atoms with Crippen molar-refractivity contribution >= 4 is 23.6 Å². The van der Waals surface area contributed by atoms with Crippen LogP contribution >= 0.6 is 0 Å². The number of hydrogen-bond acceptors (Lipinski definition) is 4. The maximum absolute atomic E-state index is 9.31. The Hall–Kier alpha value is -2.31. The van der Waals surface area contributed by atoms with E-state index in [4.69, 9.17) is 4.74 Å². The summed E-state index contributed by atoms with van der Waals surface area (Å²) in [4.78, 5) is 4.35. The zero-order valence-corrected chi connectivity index (χ0v) is 11.6. The van der Waals surface area contributed by atoms with Gasteiger partial charge in [0.1, 0.15) is 5.75 Å². The lowest BCUT2D eigenvalue weighted by Gasteiger charge is -2.12. The lowest BCUT2D eigenvalue weighted by Crippen LogP contribution is -2.30. The van der Waals surface area contributed by atoms with Crippen LogP contribution in [0.5, 0.6) is 5.75 Å². The van der Waals surface area contributed by atoms with E-state index >= 15 is 0 Å². The Labute approximate surface area is 122 Å². The van der Waals surface area contributed by atoms with Gasteiger partial charge in [0.15, 0.2) is 0 Å². The monoisotopic (exact) mass is 282 g/mol. The van der Waals surface area contributed by atoms with Gasteiger partial charge in [-0.25, -0.2) is 4.98 Å². The largest absolute Gasteiger partial charge is 0.496 e. The van der Waals surface area contributed by atoms with Crippen LogP contribution in [-0.4, -0.2) is 33.8 Å². The van der Waals surface area contributed by atoms with Crippen molar-refractivity contribution in [2.45, 2.75) is 6.54 Å². The van der Waals surface area contributed by atoms with Crippen LogP contribution in [0.2, 0.25) is 0 Å². The standard InChI is InChI=1S/C15H15BN2O3/c1-21-15-7-6-12(16(19)20)8-11(15)9-18-10-17-13-4-2-3-5-14(13)18/h2-8,10,19-20H,9H2,1H3. The van der Waals surface area contributed by atoms with Gasteiger partial charge in [0.25, 0.3) is 0 Å². The van der Waals surface area contributed by atoms with Crippen molar-refractivity contribution in [3.8, 4) is 5.75 Å². The molecule has 21 heavy (non-hydrogen) atoms. The highest BCUT2D eigenvalue weighted by Gasteiger charge is 2.14. The second-order valence-electron chi connectivity index (χ2n) is 4.81. The quantitative estimate of drug-likeness (QED) is 0.694. The van der Waals surface area contributed by atoms with Gasteiger partial charge in [0, 0.05) is 5.56 Å². The molecule has 0 radical (unpaired) electrons. The Bertz CT molecular complexity index is 770. The van der Waals surface area contributed by atoms with Gasteiger partial charge in [0.05, 0.1) is 31.0 Å². The topological polar surface area (TPSA) is 67.5 Å². The fraction of sp³-hybridized carbons (Fsp3) is 0.133. The van der Waals surface area contributed by atoms with Gasteiger partial charge in [-0.05, 0) is 23.7 Å². The van der Waals surface area contributed by atoms with Gasteiger partial charge in [-0.1, -0.05) is 24.3 Å². The van der Waals surface area contributed by atoms with Crippen molar-refractivity contribution in [1.82, 2.24) is 9.55 Å². The summed E-state index contributed by atoms with van der Waals surface area (Å²) in [5, 5.41) is 18.6. The van der Waals surface area contributed by atoms with Gasteiger partial charge in [-0.2, -0.15) is 0 Å². The molecule has 0 amide bonds. The summed E-state index contributed by atoms with van der Waals surface area (Å²) in [6.07, 6.45) is 1.77. The predicted octanol–water partition coefficient (Wildman–Crippen LogP) is 0.773. The van der Waals surface area contributed by atoms with E-state index in [1.54, 1.807) is 31.6 Å². The molecule has 0 aliphatic carbocycles. The number of imidazole rings is 1. The zero-order valence-electron chi connectivity index (χ0n) is 11.6. The molecule has 5 nitrogen and oxygen atoms in total. The van der Waals surface area contributed by atoms with Crippen LogP contribution in [0.4, 0.5) is 0 Å². The number of para-hydroxylation sites is 2. The summed E-state index contributed by atoms with van der Waals surface area (Å²) in [7, 11) is 0.106. The minimum Gasteiger partial charge on any atom is -0.496 e. The molecule has 0 fully saturated rings. The van der Waals surface area contributed by atoms with Crippen molar-refractivity contribution in [3.63, 3.8) is 0 Å².